The van der Waals surface area contributed by atoms with Gasteiger partial charge in [0, 0.05) is 23.7 Å². The molecule has 0 aliphatic carbocycles. The molecule has 0 amide bonds. The van der Waals surface area contributed by atoms with Crippen molar-refractivity contribution >= 4 is 11.8 Å². The molecule has 2 N–H and O–H groups in total. The van der Waals surface area contributed by atoms with Crippen LogP contribution >= 0.6 is 0 Å². The first-order valence-corrected chi connectivity index (χ1v) is 9.31. The van der Waals surface area contributed by atoms with Crippen LogP contribution in [0.3, 0.4) is 0 Å². The number of rotatable bonds is 5. The number of hydrogen-bond donors (Lipinski definition) is 2. The van der Waals surface area contributed by atoms with Gasteiger partial charge in [0.15, 0.2) is 11.5 Å². The van der Waals surface area contributed by atoms with E-state index in [0.29, 0.717) is 12.5 Å². The molecular formula is C22H24N4O2. The van der Waals surface area contributed by atoms with E-state index in [0.717, 1.165) is 34.1 Å². The van der Waals surface area contributed by atoms with E-state index in [1.807, 2.05) is 54.6 Å². The Morgan fingerprint density at radius 3 is 2.50 bits per heavy atom. The van der Waals surface area contributed by atoms with Crippen molar-refractivity contribution in [2.24, 2.45) is 0 Å². The van der Waals surface area contributed by atoms with Crippen molar-refractivity contribution < 1.29 is 9.47 Å². The first kappa shape index (κ1) is 18.1. The molecule has 1 aromatic heterocycles. The number of anilines is 2. The quantitative estimate of drug-likeness (QED) is 0.673. The van der Waals surface area contributed by atoms with Crippen molar-refractivity contribution in [2.75, 3.05) is 17.4 Å². The summed E-state index contributed by atoms with van der Waals surface area (Å²) in [5.41, 5.74) is 2.89. The maximum absolute atomic E-state index is 5.45. The van der Waals surface area contributed by atoms with Crippen LogP contribution in [-0.2, 0) is 6.54 Å². The standard InChI is InChI=1S/C22H24N4O2/c1-22(2,3)26-20-12-17(16-7-5-4-6-8-16)24-21(25-20)23-13-15-9-10-18-19(11-15)28-14-27-18/h4-12H,13-14H2,1-3H3,(H2,23,24,25,26). The third kappa shape index (κ3) is 4.34. The van der Waals surface area contributed by atoms with Crippen molar-refractivity contribution in [3.8, 4) is 22.8 Å². The highest BCUT2D eigenvalue weighted by atomic mass is 16.7. The maximum atomic E-state index is 5.45. The average molecular weight is 376 g/mol. The monoisotopic (exact) mass is 376 g/mol. The molecule has 144 valence electrons. The molecule has 6 nitrogen and oxygen atoms in total. The first-order chi connectivity index (χ1) is 13.5. The van der Waals surface area contributed by atoms with Gasteiger partial charge in [-0.2, -0.15) is 4.98 Å². The average Bonchev–Trinajstić information content (AvgIpc) is 3.13. The number of fused-ring (bicyclic) bond motifs is 1. The van der Waals surface area contributed by atoms with E-state index in [2.05, 4.69) is 36.4 Å². The molecule has 0 fully saturated rings. The van der Waals surface area contributed by atoms with Crippen molar-refractivity contribution in [1.82, 2.24) is 9.97 Å². The van der Waals surface area contributed by atoms with Gasteiger partial charge in [0.25, 0.3) is 0 Å². The fraction of sp³-hybridized carbons (Fsp3) is 0.273. The van der Waals surface area contributed by atoms with E-state index in [1.165, 1.54) is 0 Å². The smallest absolute Gasteiger partial charge is 0.231 e. The van der Waals surface area contributed by atoms with Crippen molar-refractivity contribution in [2.45, 2.75) is 32.9 Å². The number of benzene rings is 2. The summed E-state index contributed by atoms with van der Waals surface area (Å²) in [6.07, 6.45) is 0. The third-order valence-corrected chi connectivity index (χ3v) is 4.19. The summed E-state index contributed by atoms with van der Waals surface area (Å²) in [6.45, 7) is 7.19. The normalized spacial score (nSPS) is 12.7. The van der Waals surface area contributed by atoms with E-state index < -0.39 is 0 Å². The first-order valence-electron chi connectivity index (χ1n) is 9.31. The molecule has 28 heavy (non-hydrogen) atoms. The molecule has 6 heteroatoms. The lowest BCUT2D eigenvalue weighted by atomic mass is 10.1. The number of aromatic nitrogens is 2. The molecule has 0 radical (unpaired) electrons. The number of nitrogens with one attached hydrogen (secondary N) is 2. The maximum Gasteiger partial charge on any atom is 0.231 e. The summed E-state index contributed by atoms with van der Waals surface area (Å²) < 4.78 is 10.8. The van der Waals surface area contributed by atoms with Crippen LogP contribution in [-0.4, -0.2) is 22.3 Å². The molecule has 0 bridgehead atoms. The lowest BCUT2D eigenvalue weighted by Crippen LogP contribution is -2.27. The largest absolute Gasteiger partial charge is 0.454 e. The minimum atomic E-state index is -0.100. The Labute approximate surface area is 164 Å². The van der Waals surface area contributed by atoms with Crippen LogP contribution in [0.5, 0.6) is 11.5 Å². The molecular weight excluding hydrogens is 352 g/mol. The van der Waals surface area contributed by atoms with Gasteiger partial charge >= 0.3 is 0 Å². The number of hydrogen-bond acceptors (Lipinski definition) is 6. The minimum Gasteiger partial charge on any atom is -0.454 e. The molecule has 0 spiro atoms. The van der Waals surface area contributed by atoms with Crippen LogP contribution in [0.15, 0.2) is 54.6 Å². The topological polar surface area (TPSA) is 68.3 Å². The highest BCUT2D eigenvalue weighted by Gasteiger charge is 2.15. The second-order valence-electron chi connectivity index (χ2n) is 7.74. The van der Waals surface area contributed by atoms with Gasteiger partial charge < -0.3 is 20.1 Å². The summed E-state index contributed by atoms with van der Waals surface area (Å²) in [5, 5.41) is 6.77. The number of nitrogens with zero attached hydrogens (tertiary/aromatic N) is 2. The summed E-state index contributed by atoms with van der Waals surface area (Å²) in [4.78, 5) is 9.35. The Bertz CT molecular complexity index is 968. The Morgan fingerprint density at radius 1 is 0.929 bits per heavy atom. The van der Waals surface area contributed by atoms with Gasteiger partial charge in [-0.25, -0.2) is 4.98 Å². The summed E-state index contributed by atoms with van der Waals surface area (Å²) in [5.74, 6) is 2.91. The van der Waals surface area contributed by atoms with Gasteiger partial charge in [-0.05, 0) is 38.5 Å². The third-order valence-electron chi connectivity index (χ3n) is 4.19. The van der Waals surface area contributed by atoms with E-state index in [9.17, 15) is 0 Å². The van der Waals surface area contributed by atoms with Crippen LogP contribution in [0.1, 0.15) is 26.3 Å². The van der Waals surface area contributed by atoms with Crippen LogP contribution in [0.25, 0.3) is 11.3 Å². The Balaban J connectivity index is 1.59. The molecule has 0 atom stereocenters. The molecule has 0 saturated carbocycles. The molecule has 0 unspecified atom stereocenters. The summed E-state index contributed by atoms with van der Waals surface area (Å²) in [7, 11) is 0. The second-order valence-corrected chi connectivity index (χ2v) is 7.74. The van der Waals surface area contributed by atoms with Gasteiger partial charge in [-0.3, -0.25) is 0 Å². The van der Waals surface area contributed by atoms with E-state index in [-0.39, 0.29) is 12.3 Å². The molecule has 0 saturated heterocycles. The van der Waals surface area contributed by atoms with Crippen molar-refractivity contribution in [3.63, 3.8) is 0 Å². The lowest BCUT2D eigenvalue weighted by Gasteiger charge is -2.22. The van der Waals surface area contributed by atoms with Crippen LogP contribution < -0.4 is 20.1 Å². The molecule has 1 aliphatic heterocycles. The zero-order valence-corrected chi connectivity index (χ0v) is 16.3. The highest BCUT2D eigenvalue weighted by Crippen LogP contribution is 2.32. The van der Waals surface area contributed by atoms with Crippen LogP contribution in [0.4, 0.5) is 11.8 Å². The number of ether oxygens (including phenoxy) is 2. The van der Waals surface area contributed by atoms with Crippen molar-refractivity contribution in [3.05, 3.63) is 60.2 Å². The van der Waals surface area contributed by atoms with Gasteiger partial charge in [0.1, 0.15) is 5.82 Å². The summed E-state index contributed by atoms with van der Waals surface area (Å²) in [6, 6.07) is 18.0. The Morgan fingerprint density at radius 2 is 1.71 bits per heavy atom. The fourth-order valence-corrected chi connectivity index (χ4v) is 2.96. The molecule has 3 aromatic rings. The van der Waals surface area contributed by atoms with Gasteiger partial charge in [0.05, 0.1) is 5.69 Å². The fourth-order valence-electron chi connectivity index (χ4n) is 2.96. The zero-order chi connectivity index (χ0) is 19.6. The van der Waals surface area contributed by atoms with Gasteiger partial charge in [-0.1, -0.05) is 36.4 Å². The molecule has 2 aromatic carbocycles. The Hall–Kier alpha value is -3.28. The van der Waals surface area contributed by atoms with Crippen LogP contribution in [0.2, 0.25) is 0 Å². The summed E-state index contributed by atoms with van der Waals surface area (Å²) >= 11 is 0. The predicted octanol–water partition coefficient (Wildman–Crippen LogP) is 4.69. The lowest BCUT2D eigenvalue weighted by molar-refractivity contribution is 0.174. The molecule has 1 aliphatic rings. The second kappa shape index (κ2) is 7.38. The van der Waals surface area contributed by atoms with E-state index >= 15 is 0 Å². The van der Waals surface area contributed by atoms with Crippen LogP contribution in [0, 0.1) is 0 Å². The van der Waals surface area contributed by atoms with Crippen molar-refractivity contribution in [1.29, 1.82) is 0 Å². The molecule has 2 heterocycles. The minimum absolute atomic E-state index is 0.100. The highest BCUT2D eigenvalue weighted by molar-refractivity contribution is 5.64. The Kier molecular flexibility index (Phi) is 4.77. The van der Waals surface area contributed by atoms with Gasteiger partial charge in [-0.15, -0.1) is 0 Å². The van der Waals surface area contributed by atoms with Gasteiger partial charge in [0.2, 0.25) is 12.7 Å². The molecule has 4 rings (SSSR count). The predicted molar refractivity (Wildman–Crippen MR) is 111 cm³/mol. The SMILES string of the molecule is CC(C)(C)Nc1cc(-c2ccccc2)nc(NCc2ccc3c(c2)OCO3)n1. The van der Waals surface area contributed by atoms with E-state index in [4.69, 9.17) is 14.5 Å². The van der Waals surface area contributed by atoms with E-state index in [1.54, 1.807) is 0 Å². The zero-order valence-electron chi connectivity index (χ0n) is 16.3.